The van der Waals surface area contributed by atoms with Crippen molar-refractivity contribution in [2.45, 2.75) is 24.5 Å². The number of nitriles is 1. The summed E-state index contributed by atoms with van der Waals surface area (Å²) < 4.78 is 6.70. The average Bonchev–Trinajstić information content (AvgIpc) is 2.95. The molecule has 1 aliphatic heterocycles. The zero-order valence-corrected chi connectivity index (χ0v) is 11.3. The summed E-state index contributed by atoms with van der Waals surface area (Å²) in [4.78, 5) is 7.85. The highest BCUT2D eigenvalue weighted by Gasteiger charge is 2.45. The Bertz CT molecular complexity index is 769. The Morgan fingerprint density at radius 1 is 1.32 bits per heavy atom. The van der Waals surface area contributed by atoms with Crippen LogP contribution >= 0.6 is 0 Å². The Kier molecular flexibility index (Phi) is 3.34. The van der Waals surface area contributed by atoms with Gasteiger partial charge in [0.25, 0.3) is 0 Å². The SMILES string of the molecule is N#Cc1c(N)n([C@@H]2O[C@H](CO)[C@@H](O)[C@H]2O)c2ncnc(N)c12. The Balaban J connectivity index is 2.23. The van der Waals surface area contributed by atoms with Gasteiger partial charge in [-0.25, -0.2) is 9.97 Å². The first-order valence-corrected chi connectivity index (χ1v) is 6.43. The lowest BCUT2D eigenvalue weighted by Crippen LogP contribution is -2.33. The largest absolute Gasteiger partial charge is 0.394 e. The van der Waals surface area contributed by atoms with Crippen LogP contribution < -0.4 is 11.5 Å². The molecule has 10 heteroatoms. The number of anilines is 2. The van der Waals surface area contributed by atoms with Crippen LogP contribution in [0, 0.1) is 11.3 Å². The number of nitrogen functional groups attached to an aromatic ring is 2. The Morgan fingerprint density at radius 2 is 2.05 bits per heavy atom. The highest BCUT2D eigenvalue weighted by Crippen LogP contribution is 2.38. The second-order valence-corrected chi connectivity index (χ2v) is 4.93. The molecule has 22 heavy (non-hydrogen) atoms. The number of ether oxygens (including phenoxy) is 1. The molecule has 3 rings (SSSR count). The van der Waals surface area contributed by atoms with Gasteiger partial charge in [-0.1, -0.05) is 0 Å². The number of nitrogens with zero attached hydrogens (tertiary/aromatic N) is 4. The van der Waals surface area contributed by atoms with Crippen molar-refractivity contribution in [3.05, 3.63) is 11.9 Å². The Morgan fingerprint density at radius 3 is 2.64 bits per heavy atom. The van der Waals surface area contributed by atoms with E-state index >= 15 is 0 Å². The minimum atomic E-state index is -1.35. The smallest absolute Gasteiger partial charge is 0.166 e. The number of fused-ring (bicyclic) bond motifs is 1. The molecule has 0 unspecified atom stereocenters. The summed E-state index contributed by atoms with van der Waals surface area (Å²) in [5.74, 6) is 0.0540. The van der Waals surface area contributed by atoms with Crippen molar-refractivity contribution in [3.8, 4) is 6.07 Å². The minimum absolute atomic E-state index is 0.0143. The number of hydrogen-bond donors (Lipinski definition) is 5. The lowest BCUT2D eigenvalue weighted by molar-refractivity contribution is -0.0499. The van der Waals surface area contributed by atoms with Crippen molar-refractivity contribution >= 4 is 22.7 Å². The number of aliphatic hydroxyl groups excluding tert-OH is 3. The fraction of sp³-hybridized carbons (Fsp3) is 0.417. The number of nitrogens with two attached hydrogens (primary N) is 2. The van der Waals surface area contributed by atoms with Crippen molar-refractivity contribution in [2.75, 3.05) is 18.1 Å². The second-order valence-electron chi connectivity index (χ2n) is 4.93. The van der Waals surface area contributed by atoms with E-state index in [2.05, 4.69) is 9.97 Å². The predicted molar refractivity (Wildman–Crippen MR) is 74.1 cm³/mol. The molecule has 7 N–H and O–H groups in total. The molecule has 0 saturated carbocycles. The van der Waals surface area contributed by atoms with Gasteiger partial charge >= 0.3 is 0 Å². The molecule has 4 atom stereocenters. The van der Waals surface area contributed by atoms with Crippen molar-refractivity contribution in [1.82, 2.24) is 14.5 Å². The summed E-state index contributed by atoms with van der Waals surface area (Å²) >= 11 is 0. The third-order valence-corrected chi connectivity index (χ3v) is 3.73. The lowest BCUT2D eigenvalue weighted by Gasteiger charge is -2.18. The van der Waals surface area contributed by atoms with E-state index in [0.29, 0.717) is 0 Å². The summed E-state index contributed by atoms with van der Waals surface area (Å²) in [5, 5.41) is 38.7. The van der Waals surface area contributed by atoms with Crippen LogP contribution in [0.2, 0.25) is 0 Å². The van der Waals surface area contributed by atoms with E-state index < -0.39 is 31.1 Å². The molecule has 0 spiro atoms. The molecular formula is C12H14N6O4. The number of aromatic nitrogens is 3. The highest BCUT2D eigenvalue weighted by atomic mass is 16.6. The van der Waals surface area contributed by atoms with Gasteiger partial charge in [0.05, 0.1) is 12.0 Å². The maximum Gasteiger partial charge on any atom is 0.166 e. The van der Waals surface area contributed by atoms with Gasteiger partial charge in [0.1, 0.15) is 47.9 Å². The predicted octanol–water partition coefficient (Wildman–Crippen LogP) is -1.92. The number of aliphatic hydroxyl groups is 3. The van der Waals surface area contributed by atoms with Gasteiger partial charge in [-0.2, -0.15) is 5.26 Å². The van der Waals surface area contributed by atoms with Gasteiger partial charge in [-0.15, -0.1) is 0 Å². The quantitative estimate of drug-likeness (QED) is 0.423. The van der Waals surface area contributed by atoms with Gasteiger partial charge in [-0.05, 0) is 0 Å². The summed E-state index contributed by atoms with van der Waals surface area (Å²) in [6, 6.07) is 1.92. The van der Waals surface area contributed by atoms with Gasteiger partial charge in [0.2, 0.25) is 0 Å². The third kappa shape index (κ3) is 1.81. The van der Waals surface area contributed by atoms with Crippen LogP contribution in [0.5, 0.6) is 0 Å². The topological polar surface area (TPSA) is 176 Å². The van der Waals surface area contributed by atoms with Crippen molar-refractivity contribution in [2.24, 2.45) is 0 Å². The van der Waals surface area contributed by atoms with E-state index in [4.69, 9.17) is 21.3 Å². The number of hydrogen-bond acceptors (Lipinski definition) is 9. The van der Waals surface area contributed by atoms with E-state index in [9.17, 15) is 15.5 Å². The lowest BCUT2D eigenvalue weighted by atomic mass is 10.1. The van der Waals surface area contributed by atoms with E-state index in [-0.39, 0.29) is 28.2 Å². The van der Waals surface area contributed by atoms with Gasteiger partial charge in [0.15, 0.2) is 11.9 Å². The first kappa shape index (κ1) is 14.5. The minimum Gasteiger partial charge on any atom is -0.394 e. The second kappa shape index (κ2) is 5.08. The maximum absolute atomic E-state index is 10.1. The fourth-order valence-corrected chi connectivity index (χ4v) is 2.64. The molecule has 2 aromatic heterocycles. The zero-order chi connectivity index (χ0) is 16.0. The summed E-state index contributed by atoms with van der Waals surface area (Å²) in [5.41, 5.74) is 12.0. The van der Waals surface area contributed by atoms with E-state index in [1.807, 2.05) is 6.07 Å². The molecule has 2 aromatic rings. The molecule has 0 radical (unpaired) electrons. The van der Waals surface area contributed by atoms with Crippen molar-refractivity contribution in [3.63, 3.8) is 0 Å². The highest BCUT2D eigenvalue weighted by molar-refractivity contribution is 5.96. The zero-order valence-electron chi connectivity index (χ0n) is 11.3. The van der Waals surface area contributed by atoms with Gasteiger partial charge in [-0.3, -0.25) is 4.57 Å². The van der Waals surface area contributed by atoms with Crippen LogP contribution in [-0.2, 0) is 4.74 Å². The van der Waals surface area contributed by atoms with E-state index in [1.54, 1.807) is 0 Å². The molecular weight excluding hydrogens is 292 g/mol. The van der Waals surface area contributed by atoms with E-state index in [1.165, 1.54) is 10.9 Å². The molecule has 1 fully saturated rings. The van der Waals surface area contributed by atoms with Crippen LogP contribution in [0.3, 0.4) is 0 Å². The summed E-state index contributed by atoms with van der Waals surface area (Å²) in [6.07, 6.45) is -3.53. The standard InChI is InChI=1S/C12H14N6O4/c13-1-4-6-9(14)16-3-17-11(6)18(10(4)15)12-8(21)7(20)5(2-19)22-12/h3,5,7-8,12,19-21H,2,15H2,(H2,14,16,17)/t5-,7-,8-,12-/m1/s1. The fourth-order valence-electron chi connectivity index (χ4n) is 2.64. The first-order chi connectivity index (χ1) is 10.5. The normalized spacial score (nSPS) is 28.1. The van der Waals surface area contributed by atoms with Crippen LogP contribution in [-0.4, -0.2) is 54.8 Å². The molecule has 1 aliphatic rings. The van der Waals surface area contributed by atoms with Gasteiger partial charge in [0, 0.05) is 0 Å². The molecule has 1 saturated heterocycles. The van der Waals surface area contributed by atoms with Gasteiger partial charge < -0.3 is 31.5 Å². The molecule has 0 bridgehead atoms. The monoisotopic (exact) mass is 306 g/mol. The molecule has 3 heterocycles. The molecule has 0 amide bonds. The molecule has 0 aliphatic carbocycles. The first-order valence-electron chi connectivity index (χ1n) is 6.43. The number of rotatable bonds is 2. The van der Waals surface area contributed by atoms with E-state index in [0.717, 1.165) is 0 Å². The van der Waals surface area contributed by atoms with Crippen molar-refractivity contribution < 1.29 is 20.1 Å². The molecule has 0 aromatic carbocycles. The van der Waals surface area contributed by atoms with Crippen molar-refractivity contribution in [1.29, 1.82) is 5.26 Å². The average molecular weight is 306 g/mol. The van der Waals surface area contributed by atoms with Crippen LogP contribution in [0.1, 0.15) is 11.8 Å². The Labute approximate surface area is 124 Å². The Hall–Kier alpha value is -2.45. The summed E-state index contributed by atoms with van der Waals surface area (Å²) in [7, 11) is 0. The van der Waals surface area contributed by atoms with Crippen LogP contribution in [0.4, 0.5) is 11.6 Å². The molecule has 116 valence electrons. The summed E-state index contributed by atoms with van der Waals surface area (Å²) in [6.45, 7) is -0.476. The molecule has 10 nitrogen and oxygen atoms in total. The third-order valence-electron chi connectivity index (χ3n) is 3.73. The maximum atomic E-state index is 10.1. The van der Waals surface area contributed by atoms with Crippen LogP contribution in [0.15, 0.2) is 6.33 Å². The van der Waals surface area contributed by atoms with Crippen LogP contribution in [0.25, 0.3) is 11.0 Å².